The third-order valence-electron chi connectivity index (χ3n) is 4.48. The van der Waals surface area contributed by atoms with E-state index >= 15 is 0 Å². The Labute approximate surface area is 154 Å². The molecule has 2 aromatic carbocycles. The monoisotopic (exact) mass is 374 g/mol. The molecule has 0 aliphatic carbocycles. The van der Waals surface area contributed by atoms with Crippen molar-refractivity contribution in [1.82, 2.24) is 9.88 Å². The molecule has 0 saturated carbocycles. The van der Waals surface area contributed by atoms with Gasteiger partial charge >= 0.3 is 0 Å². The van der Waals surface area contributed by atoms with Crippen LogP contribution in [0.5, 0.6) is 0 Å². The second kappa shape index (κ2) is 7.54. The Morgan fingerprint density at radius 1 is 1.07 bits per heavy atom. The van der Waals surface area contributed by atoms with Gasteiger partial charge in [0, 0.05) is 30.3 Å². The lowest BCUT2D eigenvalue weighted by atomic mass is 10.1. The summed E-state index contributed by atoms with van der Waals surface area (Å²) in [5.41, 5.74) is 0.941. The summed E-state index contributed by atoms with van der Waals surface area (Å²) in [6.07, 6.45) is 1.07. The smallest absolute Gasteiger partial charge is 0.209 e. The van der Waals surface area contributed by atoms with Crippen molar-refractivity contribution in [3.63, 3.8) is 0 Å². The van der Waals surface area contributed by atoms with Gasteiger partial charge in [-0.1, -0.05) is 18.2 Å². The highest BCUT2D eigenvalue weighted by molar-refractivity contribution is 5.56. The van der Waals surface area contributed by atoms with Gasteiger partial charge in [-0.3, -0.25) is 4.90 Å². The Balaban J connectivity index is 1.45. The number of morpholine rings is 1. The maximum absolute atomic E-state index is 14.0. The van der Waals surface area contributed by atoms with E-state index < -0.39 is 17.7 Å². The molecule has 0 amide bonds. The largest absolute Gasteiger partial charge is 0.439 e. The molecule has 7 heteroatoms. The molecule has 1 aliphatic rings. The van der Waals surface area contributed by atoms with Crippen molar-refractivity contribution in [2.75, 3.05) is 19.7 Å². The first-order valence-electron chi connectivity index (χ1n) is 8.58. The van der Waals surface area contributed by atoms with Crippen molar-refractivity contribution in [3.8, 4) is 11.3 Å². The zero-order valence-corrected chi connectivity index (χ0v) is 14.4. The summed E-state index contributed by atoms with van der Waals surface area (Å²) in [6, 6.07) is 9.59. The molecule has 1 aromatic heterocycles. The Bertz CT molecular complexity index is 944. The topological polar surface area (TPSA) is 38.5 Å². The van der Waals surface area contributed by atoms with Crippen molar-refractivity contribution in [2.45, 2.75) is 12.6 Å². The van der Waals surface area contributed by atoms with Gasteiger partial charge in [0.1, 0.15) is 17.5 Å². The van der Waals surface area contributed by atoms with Crippen molar-refractivity contribution in [1.29, 1.82) is 0 Å². The SMILES string of the molecule is Fc1cccc(-c2cnc(CN3CCOC(c4ccc(F)cc4F)C3)o2)c1. The van der Waals surface area contributed by atoms with Crippen LogP contribution < -0.4 is 0 Å². The van der Waals surface area contributed by atoms with E-state index in [4.69, 9.17) is 9.15 Å². The number of halogens is 3. The summed E-state index contributed by atoms with van der Waals surface area (Å²) in [4.78, 5) is 6.27. The fourth-order valence-corrected chi connectivity index (χ4v) is 3.15. The highest BCUT2D eigenvalue weighted by Gasteiger charge is 2.25. The minimum Gasteiger partial charge on any atom is -0.439 e. The van der Waals surface area contributed by atoms with E-state index in [1.54, 1.807) is 18.3 Å². The van der Waals surface area contributed by atoms with Gasteiger partial charge in [-0.25, -0.2) is 18.2 Å². The Morgan fingerprint density at radius 2 is 1.93 bits per heavy atom. The molecule has 0 radical (unpaired) electrons. The van der Waals surface area contributed by atoms with Crippen LogP contribution in [0.25, 0.3) is 11.3 Å². The lowest BCUT2D eigenvalue weighted by molar-refractivity contribution is -0.0366. The first kappa shape index (κ1) is 17.8. The molecule has 1 atom stereocenters. The Hall–Kier alpha value is -2.64. The van der Waals surface area contributed by atoms with Crippen LogP contribution in [0.4, 0.5) is 13.2 Å². The molecule has 1 aliphatic heterocycles. The summed E-state index contributed by atoms with van der Waals surface area (Å²) < 4.78 is 51.8. The third-order valence-corrected chi connectivity index (χ3v) is 4.48. The van der Waals surface area contributed by atoms with Gasteiger partial charge in [0.15, 0.2) is 5.76 Å². The molecule has 1 saturated heterocycles. The number of oxazole rings is 1. The quantitative estimate of drug-likeness (QED) is 0.681. The number of hydrogen-bond acceptors (Lipinski definition) is 4. The van der Waals surface area contributed by atoms with Gasteiger partial charge in [0.25, 0.3) is 0 Å². The van der Waals surface area contributed by atoms with Gasteiger partial charge in [0.05, 0.1) is 25.5 Å². The molecular weight excluding hydrogens is 357 g/mol. The van der Waals surface area contributed by atoms with Crippen molar-refractivity contribution >= 4 is 0 Å². The maximum atomic E-state index is 14.0. The molecule has 4 nitrogen and oxygen atoms in total. The number of hydrogen-bond donors (Lipinski definition) is 0. The lowest BCUT2D eigenvalue weighted by Gasteiger charge is -2.32. The maximum Gasteiger partial charge on any atom is 0.209 e. The summed E-state index contributed by atoms with van der Waals surface area (Å²) in [5, 5.41) is 0. The van der Waals surface area contributed by atoms with Crippen LogP contribution in [-0.2, 0) is 11.3 Å². The van der Waals surface area contributed by atoms with Crippen molar-refractivity contribution in [3.05, 3.63) is 77.6 Å². The molecule has 27 heavy (non-hydrogen) atoms. The van der Waals surface area contributed by atoms with E-state index in [0.717, 1.165) is 6.07 Å². The summed E-state index contributed by atoms with van der Waals surface area (Å²) in [7, 11) is 0. The highest BCUT2D eigenvalue weighted by Crippen LogP contribution is 2.27. The van der Waals surface area contributed by atoms with E-state index in [9.17, 15) is 13.2 Å². The van der Waals surface area contributed by atoms with Crippen LogP contribution in [0.2, 0.25) is 0 Å². The van der Waals surface area contributed by atoms with Gasteiger partial charge < -0.3 is 9.15 Å². The predicted octanol–water partition coefficient (Wildman–Crippen LogP) is 4.33. The Morgan fingerprint density at radius 3 is 2.74 bits per heavy atom. The van der Waals surface area contributed by atoms with Crippen molar-refractivity contribution in [2.24, 2.45) is 0 Å². The molecule has 0 N–H and O–H groups in total. The molecule has 0 spiro atoms. The number of ether oxygens (including phenoxy) is 1. The van der Waals surface area contributed by atoms with E-state index in [1.165, 1.54) is 24.3 Å². The molecular formula is C20H17F3N2O2. The summed E-state index contributed by atoms with van der Waals surface area (Å²) in [6.45, 7) is 1.90. The molecule has 1 unspecified atom stereocenters. The second-order valence-corrected chi connectivity index (χ2v) is 6.39. The van der Waals surface area contributed by atoms with Crippen LogP contribution in [-0.4, -0.2) is 29.6 Å². The summed E-state index contributed by atoms with van der Waals surface area (Å²) >= 11 is 0. The van der Waals surface area contributed by atoms with Crippen LogP contribution >= 0.6 is 0 Å². The average molecular weight is 374 g/mol. The van der Waals surface area contributed by atoms with Crippen LogP contribution in [0.3, 0.4) is 0 Å². The predicted molar refractivity (Wildman–Crippen MR) is 92.2 cm³/mol. The number of benzene rings is 2. The molecule has 4 rings (SSSR count). The van der Waals surface area contributed by atoms with Crippen molar-refractivity contribution < 1.29 is 22.3 Å². The standard InChI is InChI=1S/C20H17F3N2O2/c21-14-3-1-2-13(8-14)18-10-24-20(27-18)12-25-6-7-26-19(11-25)16-5-4-15(22)9-17(16)23/h1-5,8-10,19H,6-7,11-12H2. The Kier molecular flexibility index (Phi) is 4.96. The van der Waals surface area contributed by atoms with E-state index in [0.29, 0.717) is 49.0 Å². The molecule has 140 valence electrons. The van der Waals surface area contributed by atoms with Gasteiger partial charge in [-0.05, 0) is 18.2 Å². The molecule has 1 fully saturated rings. The van der Waals surface area contributed by atoms with Crippen LogP contribution in [0.1, 0.15) is 17.6 Å². The number of rotatable bonds is 4. The first-order valence-corrected chi connectivity index (χ1v) is 8.58. The molecule has 3 aromatic rings. The average Bonchev–Trinajstić information content (AvgIpc) is 3.10. The minimum atomic E-state index is -0.619. The van der Waals surface area contributed by atoms with Gasteiger partial charge in [-0.2, -0.15) is 0 Å². The molecule has 2 heterocycles. The minimum absolute atomic E-state index is 0.328. The van der Waals surface area contributed by atoms with E-state index in [2.05, 4.69) is 4.98 Å². The zero-order chi connectivity index (χ0) is 18.8. The first-order chi connectivity index (χ1) is 13.1. The van der Waals surface area contributed by atoms with Gasteiger partial charge in [0.2, 0.25) is 5.89 Å². The molecule has 0 bridgehead atoms. The third kappa shape index (κ3) is 4.04. The fraction of sp³-hybridized carbons (Fsp3) is 0.250. The van der Waals surface area contributed by atoms with E-state index in [-0.39, 0.29) is 5.82 Å². The van der Waals surface area contributed by atoms with Crippen LogP contribution in [0.15, 0.2) is 53.1 Å². The fourth-order valence-electron chi connectivity index (χ4n) is 3.15. The number of aromatic nitrogens is 1. The van der Waals surface area contributed by atoms with Gasteiger partial charge in [-0.15, -0.1) is 0 Å². The highest BCUT2D eigenvalue weighted by atomic mass is 19.1. The second-order valence-electron chi connectivity index (χ2n) is 6.39. The lowest BCUT2D eigenvalue weighted by Crippen LogP contribution is -2.38. The van der Waals surface area contributed by atoms with E-state index in [1.807, 2.05) is 4.90 Å². The zero-order valence-electron chi connectivity index (χ0n) is 14.4. The summed E-state index contributed by atoms with van der Waals surface area (Å²) in [5.74, 6) is -0.615. The van der Waals surface area contributed by atoms with Crippen LogP contribution in [0, 0.1) is 17.5 Å². The number of nitrogens with zero attached hydrogens (tertiary/aromatic N) is 2. The normalized spacial score (nSPS) is 18.0.